The summed E-state index contributed by atoms with van der Waals surface area (Å²) in [5, 5.41) is 11.1. The second-order valence-electron chi connectivity index (χ2n) is 7.61. The molecular weight excluding hydrogens is 390 g/mol. The molecule has 2 aromatic carbocycles. The van der Waals surface area contributed by atoms with E-state index in [9.17, 15) is 0 Å². The third kappa shape index (κ3) is 5.64. The molecule has 2 heterocycles. The fourth-order valence-electron chi connectivity index (χ4n) is 3.52. The minimum Gasteiger partial charge on any atom is -0.488 e. The van der Waals surface area contributed by atoms with Crippen LogP contribution in [0.15, 0.2) is 65.9 Å². The Kier molecular flexibility index (Phi) is 6.84. The van der Waals surface area contributed by atoms with Gasteiger partial charge in [-0.25, -0.2) is 4.68 Å². The number of nitrogens with zero attached hydrogens (tertiary/aromatic N) is 3. The highest BCUT2D eigenvalue weighted by Crippen LogP contribution is 2.23. The molecule has 162 valence electrons. The van der Waals surface area contributed by atoms with Crippen LogP contribution in [0.4, 0.5) is 0 Å². The van der Waals surface area contributed by atoms with E-state index in [-0.39, 0.29) is 6.10 Å². The van der Waals surface area contributed by atoms with E-state index in [0.29, 0.717) is 19.7 Å². The van der Waals surface area contributed by atoms with Gasteiger partial charge in [-0.05, 0) is 42.3 Å². The molecule has 1 aromatic heterocycles. The highest BCUT2D eigenvalue weighted by atomic mass is 16.5. The quantitative estimate of drug-likeness (QED) is 0.455. The van der Waals surface area contributed by atoms with Gasteiger partial charge < -0.3 is 20.1 Å². The molecule has 1 aliphatic rings. The van der Waals surface area contributed by atoms with Crippen LogP contribution < -0.4 is 15.4 Å². The maximum atomic E-state index is 6.20. The van der Waals surface area contributed by atoms with Crippen LogP contribution in [0.25, 0.3) is 5.69 Å². The molecule has 1 fully saturated rings. The van der Waals surface area contributed by atoms with Crippen molar-refractivity contribution >= 4 is 5.96 Å². The first-order valence-electron chi connectivity index (χ1n) is 10.6. The summed E-state index contributed by atoms with van der Waals surface area (Å²) in [5.41, 5.74) is 4.46. The van der Waals surface area contributed by atoms with Crippen LogP contribution in [-0.4, -0.2) is 42.1 Å². The molecule has 1 aliphatic heterocycles. The molecule has 4 rings (SSSR count). The van der Waals surface area contributed by atoms with Crippen LogP contribution in [0.5, 0.6) is 5.75 Å². The number of benzene rings is 2. The number of guanidine groups is 1. The summed E-state index contributed by atoms with van der Waals surface area (Å²) in [6.45, 7) is 4.78. The molecule has 2 N–H and O–H groups in total. The number of aryl methyl sites for hydroxylation is 1. The Morgan fingerprint density at radius 1 is 1.19 bits per heavy atom. The average Bonchev–Trinajstić information content (AvgIpc) is 3.50. The Morgan fingerprint density at radius 2 is 2.10 bits per heavy atom. The van der Waals surface area contributed by atoms with Crippen molar-refractivity contribution in [2.75, 3.05) is 20.3 Å². The van der Waals surface area contributed by atoms with Crippen molar-refractivity contribution in [3.63, 3.8) is 0 Å². The van der Waals surface area contributed by atoms with Gasteiger partial charge in [-0.3, -0.25) is 4.99 Å². The monoisotopic (exact) mass is 419 g/mol. The van der Waals surface area contributed by atoms with Crippen molar-refractivity contribution in [3.05, 3.63) is 77.6 Å². The molecule has 7 heteroatoms. The predicted octanol–water partition coefficient (Wildman–Crippen LogP) is 3.21. The Morgan fingerprint density at radius 3 is 2.87 bits per heavy atom. The van der Waals surface area contributed by atoms with Crippen LogP contribution in [0.1, 0.15) is 23.1 Å². The van der Waals surface area contributed by atoms with Gasteiger partial charge in [-0.1, -0.05) is 24.3 Å². The lowest BCUT2D eigenvalue weighted by atomic mass is 10.1. The van der Waals surface area contributed by atoms with E-state index in [0.717, 1.165) is 41.6 Å². The predicted molar refractivity (Wildman–Crippen MR) is 122 cm³/mol. The molecule has 0 saturated carbocycles. The third-order valence-electron chi connectivity index (χ3n) is 5.21. The van der Waals surface area contributed by atoms with Crippen molar-refractivity contribution in [2.24, 2.45) is 4.99 Å². The Balaban J connectivity index is 1.35. The average molecular weight is 420 g/mol. The largest absolute Gasteiger partial charge is 0.488 e. The van der Waals surface area contributed by atoms with Crippen molar-refractivity contribution < 1.29 is 9.47 Å². The van der Waals surface area contributed by atoms with E-state index in [4.69, 9.17) is 9.47 Å². The summed E-state index contributed by atoms with van der Waals surface area (Å²) in [6.07, 6.45) is 4.77. The first kappa shape index (κ1) is 20.9. The summed E-state index contributed by atoms with van der Waals surface area (Å²) in [4.78, 5) is 4.36. The Hall–Kier alpha value is -3.32. The molecule has 1 saturated heterocycles. The number of ether oxygens (including phenoxy) is 2. The lowest BCUT2D eigenvalue weighted by molar-refractivity contribution is 0.140. The first-order chi connectivity index (χ1) is 15.2. The van der Waals surface area contributed by atoms with E-state index in [1.807, 2.05) is 29.1 Å². The van der Waals surface area contributed by atoms with E-state index in [1.165, 1.54) is 5.56 Å². The summed E-state index contributed by atoms with van der Waals surface area (Å²) in [7, 11) is 1.78. The molecule has 3 aromatic rings. The number of hydrogen-bond donors (Lipinski definition) is 2. The number of nitrogens with one attached hydrogen (secondary N) is 2. The lowest BCUT2D eigenvalue weighted by Gasteiger charge is -2.18. The standard InChI is InChI=1S/C24H29N5O2/c1-18-7-8-20(23(13-18)31-22-9-12-30-17-22)16-27-24(25-2)26-15-19-5-3-6-21(14-19)29-11-4-10-28-29/h3-8,10-11,13-14,22H,9,12,15-17H2,1-2H3,(H2,25,26,27). The van der Waals surface area contributed by atoms with Gasteiger partial charge in [0.15, 0.2) is 5.96 Å². The van der Waals surface area contributed by atoms with Gasteiger partial charge in [0, 0.05) is 44.5 Å². The van der Waals surface area contributed by atoms with Gasteiger partial charge >= 0.3 is 0 Å². The molecule has 0 radical (unpaired) electrons. The normalized spacial score (nSPS) is 16.3. The van der Waals surface area contributed by atoms with Crippen LogP contribution in [-0.2, 0) is 17.8 Å². The summed E-state index contributed by atoms with van der Waals surface area (Å²) in [6, 6.07) is 16.5. The lowest BCUT2D eigenvalue weighted by Crippen LogP contribution is -2.36. The number of hydrogen-bond acceptors (Lipinski definition) is 4. The minimum absolute atomic E-state index is 0.125. The second-order valence-corrected chi connectivity index (χ2v) is 7.61. The molecule has 0 spiro atoms. The molecule has 1 atom stereocenters. The van der Waals surface area contributed by atoms with Gasteiger partial charge in [0.05, 0.1) is 18.9 Å². The second kappa shape index (κ2) is 10.1. The van der Waals surface area contributed by atoms with E-state index < -0.39 is 0 Å². The molecule has 0 aliphatic carbocycles. The minimum atomic E-state index is 0.125. The first-order valence-corrected chi connectivity index (χ1v) is 10.6. The van der Waals surface area contributed by atoms with Crippen LogP contribution >= 0.6 is 0 Å². The van der Waals surface area contributed by atoms with Crippen molar-refractivity contribution in [2.45, 2.75) is 32.5 Å². The highest BCUT2D eigenvalue weighted by Gasteiger charge is 2.18. The van der Waals surface area contributed by atoms with Crippen molar-refractivity contribution in [3.8, 4) is 11.4 Å². The summed E-state index contributed by atoms with van der Waals surface area (Å²) >= 11 is 0. The third-order valence-corrected chi connectivity index (χ3v) is 5.21. The van der Waals surface area contributed by atoms with Crippen molar-refractivity contribution in [1.29, 1.82) is 0 Å². The highest BCUT2D eigenvalue weighted by molar-refractivity contribution is 5.79. The number of aromatic nitrogens is 2. The van der Waals surface area contributed by atoms with Crippen LogP contribution in [0.2, 0.25) is 0 Å². The van der Waals surface area contributed by atoms with Crippen LogP contribution in [0, 0.1) is 6.92 Å². The van der Waals surface area contributed by atoms with E-state index in [2.05, 4.69) is 58.0 Å². The summed E-state index contributed by atoms with van der Waals surface area (Å²) in [5.74, 6) is 1.64. The van der Waals surface area contributed by atoms with E-state index in [1.54, 1.807) is 13.2 Å². The Labute approximate surface area is 183 Å². The topological polar surface area (TPSA) is 72.7 Å². The molecule has 7 nitrogen and oxygen atoms in total. The smallest absolute Gasteiger partial charge is 0.191 e. The number of aliphatic imine (C=N–C) groups is 1. The zero-order valence-corrected chi connectivity index (χ0v) is 18.0. The van der Waals surface area contributed by atoms with Gasteiger partial charge in [0.25, 0.3) is 0 Å². The SMILES string of the molecule is CN=C(NCc1cccc(-n2cccn2)c1)NCc1ccc(C)cc1OC1CCOC1. The maximum Gasteiger partial charge on any atom is 0.191 e. The molecule has 31 heavy (non-hydrogen) atoms. The molecule has 0 amide bonds. The van der Waals surface area contributed by atoms with E-state index >= 15 is 0 Å². The van der Waals surface area contributed by atoms with Crippen LogP contribution in [0.3, 0.4) is 0 Å². The fourth-order valence-corrected chi connectivity index (χ4v) is 3.52. The molecular formula is C24H29N5O2. The summed E-state index contributed by atoms with van der Waals surface area (Å²) < 4.78 is 13.5. The van der Waals surface area contributed by atoms with Crippen molar-refractivity contribution in [1.82, 2.24) is 20.4 Å². The van der Waals surface area contributed by atoms with Gasteiger partial charge in [-0.2, -0.15) is 5.10 Å². The Bertz CT molecular complexity index is 1010. The zero-order valence-electron chi connectivity index (χ0n) is 18.0. The molecule has 1 unspecified atom stereocenters. The van der Waals surface area contributed by atoms with Gasteiger partial charge in [-0.15, -0.1) is 0 Å². The molecule has 0 bridgehead atoms. The zero-order chi connectivity index (χ0) is 21.5. The van der Waals surface area contributed by atoms with Gasteiger partial charge in [0.1, 0.15) is 11.9 Å². The number of rotatable bonds is 7. The van der Waals surface area contributed by atoms with Gasteiger partial charge in [0.2, 0.25) is 0 Å². The fraction of sp³-hybridized carbons (Fsp3) is 0.333. The maximum absolute atomic E-state index is 6.20.